The number of methoxy groups -OCH3 is 1. The molecule has 7 heteroatoms. The van der Waals surface area contributed by atoms with Gasteiger partial charge in [0.2, 0.25) is 0 Å². The normalized spacial score (nSPS) is 18.4. The summed E-state index contributed by atoms with van der Waals surface area (Å²) in [5, 5.41) is 11.4. The number of carboxylic acid groups (broad SMARTS) is 1. The molecular formula is C16H21NO6. The van der Waals surface area contributed by atoms with E-state index < -0.39 is 17.9 Å². The summed E-state index contributed by atoms with van der Waals surface area (Å²) in [5.41, 5.74) is 0.358. The van der Waals surface area contributed by atoms with Gasteiger partial charge < -0.3 is 24.6 Å². The van der Waals surface area contributed by atoms with Gasteiger partial charge in [-0.3, -0.25) is 4.79 Å². The lowest BCUT2D eigenvalue weighted by Gasteiger charge is -2.14. The fourth-order valence-corrected chi connectivity index (χ4v) is 2.25. The maximum absolute atomic E-state index is 12.0. The average molecular weight is 323 g/mol. The Balaban J connectivity index is 1.87. The minimum absolute atomic E-state index is 0.0936. The molecule has 2 unspecified atom stereocenters. The molecule has 1 aliphatic heterocycles. The third kappa shape index (κ3) is 5.22. The first-order valence-electron chi connectivity index (χ1n) is 7.47. The van der Waals surface area contributed by atoms with E-state index in [9.17, 15) is 9.59 Å². The van der Waals surface area contributed by atoms with E-state index in [1.54, 1.807) is 24.3 Å². The van der Waals surface area contributed by atoms with Crippen molar-refractivity contribution in [3.05, 3.63) is 29.8 Å². The number of aliphatic carboxylic acids is 1. The summed E-state index contributed by atoms with van der Waals surface area (Å²) in [6.07, 6.45) is 2.18. The highest BCUT2D eigenvalue weighted by atomic mass is 16.5. The van der Waals surface area contributed by atoms with Crippen LogP contribution in [0, 0.1) is 0 Å². The van der Waals surface area contributed by atoms with Crippen LogP contribution < -0.4 is 10.1 Å². The van der Waals surface area contributed by atoms with Gasteiger partial charge in [0.05, 0.1) is 12.7 Å². The van der Waals surface area contributed by atoms with Crippen LogP contribution >= 0.6 is 0 Å². The van der Waals surface area contributed by atoms with Gasteiger partial charge in [-0.15, -0.1) is 0 Å². The number of carboxylic acids is 1. The van der Waals surface area contributed by atoms with Gasteiger partial charge in [-0.25, -0.2) is 4.79 Å². The Kier molecular flexibility index (Phi) is 6.37. The van der Waals surface area contributed by atoms with Gasteiger partial charge in [0.25, 0.3) is 5.91 Å². The zero-order valence-electron chi connectivity index (χ0n) is 13.0. The Morgan fingerprint density at radius 2 is 2.13 bits per heavy atom. The smallest absolute Gasteiger partial charge is 0.328 e. The first-order chi connectivity index (χ1) is 11.1. The molecule has 23 heavy (non-hydrogen) atoms. The van der Waals surface area contributed by atoms with Crippen LogP contribution in [0.1, 0.15) is 23.2 Å². The molecule has 1 aromatic rings. The van der Waals surface area contributed by atoms with Gasteiger partial charge in [0.1, 0.15) is 12.4 Å². The summed E-state index contributed by atoms with van der Waals surface area (Å²) in [4.78, 5) is 23.0. The Bertz CT molecular complexity index is 524. The lowest BCUT2D eigenvalue weighted by Crippen LogP contribution is -2.43. The van der Waals surface area contributed by atoms with Crippen molar-refractivity contribution in [3.8, 4) is 5.75 Å². The minimum atomic E-state index is -1.14. The van der Waals surface area contributed by atoms with Gasteiger partial charge in [-0.2, -0.15) is 0 Å². The highest BCUT2D eigenvalue weighted by molar-refractivity contribution is 5.96. The molecule has 7 nitrogen and oxygen atoms in total. The predicted octanol–water partition coefficient (Wildman–Crippen LogP) is 1.07. The van der Waals surface area contributed by atoms with Crippen LogP contribution in [0.15, 0.2) is 24.3 Å². The van der Waals surface area contributed by atoms with Crippen LogP contribution in [-0.4, -0.2) is 56.1 Å². The standard InChI is InChI=1S/C16H21NO6/c1-21-10-14(16(19)20)17-15(18)11-4-6-12(7-5-11)23-9-13-3-2-8-22-13/h4-7,13-14H,2-3,8-10H2,1H3,(H,17,18)(H,19,20). The maximum atomic E-state index is 12.0. The number of hydrogen-bond donors (Lipinski definition) is 2. The minimum Gasteiger partial charge on any atom is -0.491 e. The van der Waals surface area contributed by atoms with E-state index in [1.165, 1.54) is 7.11 Å². The van der Waals surface area contributed by atoms with Crippen molar-refractivity contribution in [3.63, 3.8) is 0 Å². The van der Waals surface area contributed by atoms with Crippen LogP contribution in [0.25, 0.3) is 0 Å². The Hall–Kier alpha value is -2.12. The maximum Gasteiger partial charge on any atom is 0.328 e. The zero-order valence-corrected chi connectivity index (χ0v) is 13.0. The number of rotatable bonds is 8. The largest absolute Gasteiger partial charge is 0.491 e. The summed E-state index contributed by atoms with van der Waals surface area (Å²) < 4.78 is 15.9. The summed E-state index contributed by atoms with van der Waals surface area (Å²) >= 11 is 0. The van der Waals surface area contributed by atoms with Crippen molar-refractivity contribution in [2.75, 3.05) is 26.9 Å². The monoisotopic (exact) mass is 323 g/mol. The number of carbonyl (C=O) groups excluding carboxylic acids is 1. The Labute approximate surface area is 134 Å². The van der Waals surface area contributed by atoms with E-state index in [-0.39, 0.29) is 12.7 Å². The van der Waals surface area contributed by atoms with E-state index in [4.69, 9.17) is 19.3 Å². The Morgan fingerprint density at radius 1 is 1.39 bits per heavy atom. The van der Waals surface area contributed by atoms with Crippen molar-refractivity contribution < 1.29 is 28.9 Å². The van der Waals surface area contributed by atoms with Crippen molar-refractivity contribution in [1.82, 2.24) is 5.32 Å². The molecule has 0 saturated carbocycles. The van der Waals surface area contributed by atoms with E-state index >= 15 is 0 Å². The summed E-state index contributed by atoms with van der Waals surface area (Å²) in [5.74, 6) is -0.972. The van der Waals surface area contributed by atoms with E-state index in [0.29, 0.717) is 17.9 Å². The van der Waals surface area contributed by atoms with Gasteiger partial charge >= 0.3 is 5.97 Å². The average Bonchev–Trinajstić information content (AvgIpc) is 3.06. The first-order valence-corrected chi connectivity index (χ1v) is 7.47. The van der Waals surface area contributed by atoms with Crippen molar-refractivity contribution >= 4 is 11.9 Å². The Morgan fingerprint density at radius 3 is 2.70 bits per heavy atom. The molecule has 0 bridgehead atoms. The molecule has 0 radical (unpaired) electrons. The second-order valence-electron chi connectivity index (χ2n) is 5.29. The number of benzene rings is 1. The second-order valence-corrected chi connectivity index (χ2v) is 5.29. The topological polar surface area (TPSA) is 94.1 Å². The van der Waals surface area contributed by atoms with Crippen LogP contribution in [0.4, 0.5) is 0 Å². The lowest BCUT2D eigenvalue weighted by molar-refractivity contribution is -0.140. The molecule has 1 fully saturated rings. The van der Waals surface area contributed by atoms with E-state index in [1.807, 2.05) is 0 Å². The van der Waals surface area contributed by atoms with E-state index in [0.717, 1.165) is 19.4 Å². The van der Waals surface area contributed by atoms with Crippen LogP contribution in [0.5, 0.6) is 5.75 Å². The lowest BCUT2D eigenvalue weighted by atomic mass is 10.2. The van der Waals surface area contributed by atoms with E-state index in [2.05, 4.69) is 5.32 Å². The van der Waals surface area contributed by atoms with Gasteiger partial charge in [0, 0.05) is 19.3 Å². The number of amides is 1. The van der Waals surface area contributed by atoms with Crippen molar-refractivity contribution in [1.29, 1.82) is 0 Å². The molecule has 2 atom stereocenters. The number of hydrogen-bond acceptors (Lipinski definition) is 5. The molecule has 0 aliphatic carbocycles. The molecule has 1 heterocycles. The SMILES string of the molecule is COCC(NC(=O)c1ccc(OCC2CCCO2)cc1)C(=O)O. The predicted molar refractivity (Wildman–Crippen MR) is 81.7 cm³/mol. The second kappa shape index (κ2) is 8.50. The third-order valence-corrected chi connectivity index (χ3v) is 3.51. The van der Waals surface area contributed by atoms with Crippen molar-refractivity contribution in [2.45, 2.75) is 25.0 Å². The zero-order chi connectivity index (χ0) is 16.7. The summed E-state index contributed by atoms with van der Waals surface area (Å²) in [6, 6.07) is 5.45. The summed E-state index contributed by atoms with van der Waals surface area (Å²) in [6.45, 7) is 1.17. The molecule has 1 aliphatic rings. The number of carbonyl (C=O) groups is 2. The van der Waals surface area contributed by atoms with Crippen LogP contribution in [0.2, 0.25) is 0 Å². The summed E-state index contributed by atoms with van der Waals surface area (Å²) in [7, 11) is 1.38. The molecule has 1 aromatic carbocycles. The van der Waals surface area contributed by atoms with Gasteiger partial charge in [0.15, 0.2) is 6.04 Å². The number of ether oxygens (including phenoxy) is 3. The molecule has 0 aromatic heterocycles. The fourth-order valence-electron chi connectivity index (χ4n) is 2.25. The molecule has 1 amide bonds. The molecule has 0 spiro atoms. The fraction of sp³-hybridized carbons (Fsp3) is 0.500. The molecule has 2 N–H and O–H groups in total. The van der Waals surface area contributed by atoms with Gasteiger partial charge in [-0.1, -0.05) is 0 Å². The molecule has 2 rings (SSSR count). The highest BCUT2D eigenvalue weighted by Gasteiger charge is 2.20. The number of nitrogens with one attached hydrogen (secondary N) is 1. The molecule has 1 saturated heterocycles. The van der Waals surface area contributed by atoms with Gasteiger partial charge in [-0.05, 0) is 37.1 Å². The van der Waals surface area contributed by atoms with Crippen LogP contribution in [0.3, 0.4) is 0 Å². The first kappa shape index (κ1) is 17.2. The third-order valence-electron chi connectivity index (χ3n) is 3.51. The van der Waals surface area contributed by atoms with Crippen molar-refractivity contribution in [2.24, 2.45) is 0 Å². The molecule has 126 valence electrons. The van der Waals surface area contributed by atoms with Crippen LogP contribution in [-0.2, 0) is 14.3 Å². The highest BCUT2D eigenvalue weighted by Crippen LogP contribution is 2.16. The quantitative estimate of drug-likeness (QED) is 0.743. The molecular weight excluding hydrogens is 302 g/mol.